The molecule has 0 heterocycles. The molecule has 26 heavy (non-hydrogen) atoms. The molecule has 0 saturated heterocycles. The van der Waals surface area contributed by atoms with Crippen molar-refractivity contribution in [2.75, 3.05) is 10.6 Å². The number of anilines is 4. The van der Waals surface area contributed by atoms with Gasteiger partial charge in [-0.25, -0.2) is 0 Å². The van der Waals surface area contributed by atoms with E-state index in [1.807, 2.05) is 72.8 Å². The molecule has 3 N–H and O–H groups in total. The monoisotopic (exact) mass is 346 g/mol. The maximum atomic E-state index is 11.9. The second-order valence-electron chi connectivity index (χ2n) is 6.16. The predicted molar refractivity (Wildman–Crippen MR) is 107 cm³/mol. The van der Waals surface area contributed by atoms with Crippen LogP contribution in [-0.4, -0.2) is 10.9 Å². The van der Waals surface area contributed by atoms with Crippen LogP contribution in [-0.2, 0) is 0 Å². The van der Waals surface area contributed by atoms with Crippen LogP contribution in [0.3, 0.4) is 0 Å². The quantitative estimate of drug-likeness (QED) is 0.521. The van der Waals surface area contributed by atoms with Crippen molar-refractivity contribution < 1.29 is 9.90 Å². The fourth-order valence-corrected chi connectivity index (χ4v) is 2.87. The van der Waals surface area contributed by atoms with Crippen LogP contribution in [0.1, 0.15) is 35.9 Å². The maximum absolute atomic E-state index is 11.9. The van der Waals surface area contributed by atoms with Crippen LogP contribution in [0.25, 0.3) is 0 Å². The van der Waals surface area contributed by atoms with E-state index in [0.717, 1.165) is 28.3 Å². The smallest absolute Gasteiger partial charge is 0.161 e. The van der Waals surface area contributed by atoms with Crippen molar-refractivity contribution in [3.05, 3.63) is 83.9 Å². The molecule has 0 aliphatic rings. The number of aliphatic hydroxyl groups excluding tert-OH is 1. The van der Waals surface area contributed by atoms with Gasteiger partial charge in [0.15, 0.2) is 5.78 Å². The number of aliphatic hydroxyl groups is 1. The highest BCUT2D eigenvalue weighted by molar-refractivity contribution is 6.00. The van der Waals surface area contributed by atoms with Gasteiger partial charge in [-0.1, -0.05) is 42.5 Å². The Balaban J connectivity index is 1.94. The molecule has 0 bridgehead atoms. The minimum absolute atomic E-state index is 0.0120. The molecule has 3 aromatic carbocycles. The molecule has 4 nitrogen and oxygen atoms in total. The van der Waals surface area contributed by atoms with E-state index in [0.29, 0.717) is 5.56 Å². The molecule has 3 rings (SSSR count). The van der Waals surface area contributed by atoms with Gasteiger partial charge in [-0.05, 0) is 44.2 Å². The van der Waals surface area contributed by atoms with Gasteiger partial charge >= 0.3 is 0 Å². The van der Waals surface area contributed by atoms with Gasteiger partial charge in [-0.15, -0.1) is 0 Å². The predicted octanol–water partition coefficient (Wildman–Crippen LogP) is 5.43. The van der Waals surface area contributed by atoms with Crippen LogP contribution in [0.4, 0.5) is 22.7 Å². The number of ketones is 1. The number of para-hydroxylation sites is 4. The average molecular weight is 346 g/mol. The molecule has 1 unspecified atom stereocenters. The van der Waals surface area contributed by atoms with Gasteiger partial charge in [0.05, 0.1) is 17.5 Å². The second-order valence-corrected chi connectivity index (χ2v) is 6.16. The SMILES string of the molecule is CC(=O)c1ccccc1Nc1ccccc1Nc1ccccc1C(C)O. The molecular formula is C22H22N2O2. The highest BCUT2D eigenvalue weighted by Gasteiger charge is 2.11. The minimum atomic E-state index is -0.572. The Morgan fingerprint density at radius 1 is 0.769 bits per heavy atom. The summed E-state index contributed by atoms with van der Waals surface area (Å²) in [6.45, 7) is 3.30. The van der Waals surface area contributed by atoms with Crippen molar-refractivity contribution in [1.82, 2.24) is 0 Å². The van der Waals surface area contributed by atoms with Crippen LogP contribution < -0.4 is 10.6 Å². The summed E-state index contributed by atoms with van der Waals surface area (Å²) >= 11 is 0. The number of carbonyl (C=O) groups is 1. The van der Waals surface area contributed by atoms with Gasteiger partial charge in [0.1, 0.15) is 0 Å². The molecule has 0 aliphatic heterocycles. The number of Topliss-reactive ketones (excluding diaryl/α,β-unsaturated/α-hetero) is 1. The van der Waals surface area contributed by atoms with Crippen LogP contribution in [0.15, 0.2) is 72.8 Å². The number of benzene rings is 3. The first kappa shape index (κ1) is 17.7. The Morgan fingerprint density at radius 3 is 1.81 bits per heavy atom. The first-order chi connectivity index (χ1) is 12.6. The number of nitrogens with one attached hydrogen (secondary N) is 2. The van der Waals surface area contributed by atoms with E-state index in [1.165, 1.54) is 0 Å². The zero-order chi connectivity index (χ0) is 18.5. The van der Waals surface area contributed by atoms with Gasteiger partial charge in [0, 0.05) is 22.5 Å². The zero-order valence-corrected chi connectivity index (χ0v) is 14.9. The zero-order valence-electron chi connectivity index (χ0n) is 14.9. The topological polar surface area (TPSA) is 61.4 Å². The van der Waals surface area contributed by atoms with Crippen molar-refractivity contribution >= 4 is 28.5 Å². The second kappa shape index (κ2) is 7.85. The molecule has 0 spiro atoms. The molecule has 132 valence electrons. The van der Waals surface area contributed by atoms with Crippen LogP contribution >= 0.6 is 0 Å². The van der Waals surface area contributed by atoms with Crippen molar-refractivity contribution in [1.29, 1.82) is 0 Å². The number of hydrogen-bond acceptors (Lipinski definition) is 4. The summed E-state index contributed by atoms with van der Waals surface area (Å²) in [4.78, 5) is 11.9. The van der Waals surface area contributed by atoms with E-state index in [9.17, 15) is 9.90 Å². The van der Waals surface area contributed by atoms with Gasteiger partial charge in [0.2, 0.25) is 0 Å². The molecule has 0 aromatic heterocycles. The van der Waals surface area contributed by atoms with Crippen LogP contribution in [0.2, 0.25) is 0 Å². The Hall–Kier alpha value is -3.11. The third-order valence-corrected chi connectivity index (χ3v) is 4.18. The summed E-state index contributed by atoms with van der Waals surface area (Å²) in [5.41, 5.74) is 4.79. The van der Waals surface area contributed by atoms with Gasteiger partial charge in [-0.2, -0.15) is 0 Å². The van der Waals surface area contributed by atoms with Gasteiger partial charge < -0.3 is 15.7 Å². The lowest BCUT2D eigenvalue weighted by Crippen LogP contribution is -2.04. The fraction of sp³-hybridized carbons (Fsp3) is 0.136. The molecule has 0 radical (unpaired) electrons. The number of hydrogen-bond donors (Lipinski definition) is 3. The Morgan fingerprint density at radius 2 is 1.23 bits per heavy atom. The summed E-state index contributed by atoms with van der Waals surface area (Å²) in [5.74, 6) is 0.0120. The van der Waals surface area contributed by atoms with E-state index in [2.05, 4.69) is 10.6 Å². The number of rotatable bonds is 6. The molecule has 4 heteroatoms. The highest BCUT2D eigenvalue weighted by Crippen LogP contribution is 2.32. The first-order valence-electron chi connectivity index (χ1n) is 8.56. The summed E-state index contributed by atoms with van der Waals surface area (Å²) in [6, 6.07) is 22.9. The lowest BCUT2D eigenvalue weighted by atomic mass is 10.1. The Kier molecular flexibility index (Phi) is 5.34. The van der Waals surface area contributed by atoms with E-state index >= 15 is 0 Å². The van der Waals surface area contributed by atoms with Gasteiger partial charge in [0.25, 0.3) is 0 Å². The average Bonchev–Trinajstić information content (AvgIpc) is 2.64. The minimum Gasteiger partial charge on any atom is -0.389 e. The van der Waals surface area contributed by atoms with Crippen molar-refractivity contribution in [3.63, 3.8) is 0 Å². The lowest BCUT2D eigenvalue weighted by Gasteiger charge is -2.18. The van der Waals surface area contributed by atoms with Crippen LogP contribution in [0, 0.1) is 0 Å². The van der Waals surface area contributed by atoms with E-state index in [-0.39, 0.29) is 5.78 Å². The van der Waals surface area contributed by atoms with E-state index < -0.39 is 6.10 Å². The third-order valence-electron chi connectivity index (χ3n) is 4.18. The lowest BCUT2D eigenvalue weighted by molar-refractivity contribution is 0.101. The number of carbonyl (C=O) groups excluding carboxylic acids is 1. The molecular weight excluding hydrogens is 324 g/mol. The van der Waals surface area contributed by atoms with Crippen molar-refractivity contribution in [3.8, 4) is 0 Å². The third kappa shape index (κ3) is 3.92. The summed E-state index contributed by atoms with van der Waals surface area (Å²) < 4.78 is 0. The van der Waals surface area contributed by atoms with E-state index in [1.54, 1.807) is 13.8 Å². The van der Waals surface area contributed by atoms with Gasteiger partial charge in [-0.3, -0.25) is 4.79 Å². The van der Waals surface area contributed by atoms with E-state index in [4.69, 9.17) is 0 Å². The largest absolute Gasteiger partial charge is 0.389 e. The summed E-state index contributed by atoms with van der Waals surface area (Å²) in [7, 11) is 0. The standard InChI is InChI=1S/C22H22N2O2/c1-15(25)17-9-3-5-11-19(17)23-21-13-7-8-14-22(21)24-20-12-6-4-10-18(20)16(2)26/h3-15,23-25H,1-2H3. The fourth-order valence-electron chi connectivity index (χ4n) is 2.87. The van der Waals surface area contributed by atoms with Crippen molar-refractivity contribution in [2.24, 2.45) is 0 Å². The molecule has 3 aromatic rings. The normalized spacial score (nSPS) is 11.7. The maximum Gasteiger partial charge on any atom is 0.161 e. The summed E-state index contributed by atoms with van der Waals surface area (Å²) in [5, 5.41) is 16.7. The molecule has 0 saturated carbocycles. The Labute approximate surface area is 153 Å². The highest BCUT2D eigenvalue weighted by atomic mass is 16.3. The van der Waals surface area contributed by atoms with Crippen molar-refractivity contribution in [2.45, 2.75) is 20.0 Å². The first-order valence-corrected chi connectivity index (χ1v) is 8.56. The molecule has 0 amide bonds. The molecule has 0 fully saturated rings. The molecule has 1 atom stereocenters. The summed E-state index contributed by atoms with van der Waals surface area (Å²) in [6.07, 6.45) is -0.572. The van der Waals surface area contributed by atoms with Crippen LogP contribution in [0.5, 0.6) is 0 Å². The Bertz CT molecular complexity index is 919. The molecule has 0 aliphatic carbocycles.